The minimum absolute atomic E-state index is 0.292. The lowest BCUT2D eigenvalue weighted by Gasteiger charge is -2.22. The zero-order valence-corrected chi connectivity index (χ0v) is 17.6. The van der Waals surface area contributed by atoms with Gasteiger partial charge in [-0.25, -0.2) is 13.4 Å². The number of rotatable bonds is 7. The van der Waals surface area contributed by atoms with Crippen LogP contribution in [0.4, 0.5) is 5.69 Å². The van der Waals surface area contributed by atoms with Gasteiger partial charge in [-0.3, -0.25) is 9.10 Å². The lowest BCUT2D eigenvalue weighted by molar-refractivity contribution is -0.119. The van der Waals surface area contributed by atoms with Crippen LogP contribution in [0, 0.1) is 6.92 Å². The number of hydrogen-bond donors (Lipinski definition) is 1. The van der Waals surface area contributed by atoms with Crippen LogP contribution >= 0.6 is 11.6 Å². The normalized spacial score (nSPS) is 11.3. The summed E-state index contributed by atoms with van der Waals surface area (Å²) >= 11 is 5.85. The van der Waals surface area contributed by atoms with Crippen molar-refractivity contribution in [3.63, 3.8) is 0 Å². The average molecular weight is 433 g/mol. The number of nitrogens with zero attached hydrogens (tertiary/aromatic N) is 3. The molecule has 0 atom stereocenters. The topological polar surface area (TPSA) is 84.3 Å². The summed E-state index contributed by atoms with van der Waals surface area (Å²) in [7, 11) is -3.62. The quantitative estimate of drug-likeness (QED) is 0.622. The van der Waals surface area contributed by atoms with Crippen LogP contribution in [0.3, 0.4) is 0 Å². The Hall–Kier alpha value is -2.84. The monoisotopic (exact) mass is 432 g/mol. The number of benzene rings is 2. The fourth-order valence-electron chi connectivity index (χ4n) is 2.82. The van der Waals surface area contributed by atoms with Gasteiger partial charge in [-0.1, -0.05) is 23.7 Å². The number of imidazole rings is 1. The number of aromatic nitrogens is 2. The molecular formula is C20H21ClN4O3S. The van der Waals surface area contributed by atoms with Crippen LogP contribution in [0.15, 0.2) is 60.9 Å². The maximum absolute atomic E-state index is 12.4. The molecule has 9 heteroatoms. The van der Waals surface area contributed by atoms with Crippen molar-refractivity contribution in [2.75, 3.05) is 17.1 Å². The van der Waals surface area contributed by atoms with E-state index in [9.17, 15) is 13.2 Å². The van der Waals surface area contributed by atoms with Crippen molar-refractivity contribution in [1.29, 1.82) is 0 Å². The Labute approximate surface area is 175 Å². The smallest absolute Gasteiger partial charge is 0.241 e. The Bertz CT molecular complexity index is 1090. The summed E-state index contributed by atoms with van der Waals surface area (Å²) in [6.07, 6.45) is 4.67. The van der Waals surface area contributed by atoms with E-state index in [0.29, 0.717) is 17.3 Å². The minimum Gasteiger partial charge on any atom is -0.350 e. The van der Waals surface area contributed by atoms with Gasteiger partial charge in [-0.2, -0.15) is 0 Å². The van der Waals surface area contributed by atoms with E-state index in [1.54, 1.807) is 30.5 Å². The molecule has 0 spiro atoms. The molecule has 1 heterocycles. The summed E-state index contributed by atoms with van der Waals surface area (Å²) in [6, 6.07) is 14.0. The predicted molar refractivity (Wildman–Crippen MR) is 114 cm³/mol. The van der Waals surface area contributed by atoms with Crippen molar-refractivity contribution >= 4 is 33.2 Å². The maximum Gasteiger partial charge on any atom is 0.241 e. The third-order valence-electron chi connectivity index (χ3n) is 4.33. The second-order valence-corrected chi connectivity index (χ2v) is 8.88. The number of aryl methyl sites for hydroxylation is 1. The van der Waals surface area contributed by atoms with Crippen molar-refractivity contribution < 1.29 is 13.2 Å². The van der Waals surface area contributed by atoms with E-state index in [4.69, 9.17) is 11.6 Å². The van der Waals surface area contributed by atoms with Crippen molar-refractivity contribution in [3.05, 3.63) is 77.3 Å². The van der Waals surface area contributed by atoms with Crippen LogP contribution in [-0.4, -0.2) is 36.7 Å². The van der Waals surface area contributed by atoms with E-state index in [-0.39, 0.29) is 6.54 Å². The lowest BCUT2D eigenvalue weighted by Crippen LogP contribution is -2.40. The first-order chi connectivity index (χ1) is 13.7. The highest BCUT2D eigenvalue weighted by molar-refractivity contribution is 7.92. The number of carbonyl (C=O) groups excluding carboxylic acids is 1. The van der Waals surface area contributed by atoms with Crippen molar-refractivity contribution in [1.82, 2.24) is 14.9 Å². The predicted octanol–water partition coefficient (Wildman–Crippen LogP) is 2.92. The summed E-state index contributed by atoms with van der Waals surface area (Å²) < 4.78 is 27.2. The van der Waals surface area contributed by atoms with Gasteiger partial charge in [-0.05, 0) is 48.9 Å². The van der Waals surface area contributed by atoms with E-state index in [0.717, 1.165) is 27.6 Å². The molecular weight excluding hydrogens is 412 g/mol. The van der Waals surface area contributed by atoms with Crippen molar-refractivity contribution in [2.24, 2.45) is 0 Å². The first kappa shape index (κ1) is 20.9. The number of sulfonamides is 1. The molecule has 29 heavy (non-hydrogen) atoms. The SMILES string of the molecule is Cc1nccn1-c1ccc(CNC(=O)CN(c2ccc(Cl)cc2)S(C)(=O)=O)cc1. The molecule has 2 aromatic carbocycles. The van der Waals surface area contributed by atoms with Gasteiger partial charge in [0.15, 0.2) is 0 Å². The molecule has 152 valence electrons. The standard InChI is InChI=1S/C20H21ClN4O3S/c1-15-22-11-12-24(15)18-7-3-16(4-8-18)13-23-20(26)14-25(29(2,27)28)19-9-5-17(21)6-10-19/h3-12H,13-14H2,1-2H3,(H,23,26). The van der Waals surface area contributed by atoms with Crippen molar-refractivity contribution in [3.8, 4) is 5.69 Å². The summed E-state index contributed by atoms with van der Waals surface area (Å²) in [5, 5.41) is 3.25. The molecule has 0 saturated heterocycles. The van der Waals surface area contributed by atoms with E-state index in [2.05, 4.69) is 10.3 Å². The number of nitrogens with one attached hydrogen (secondary N) is 1. The summed E-state index contributed by atoms with van der Waals surface area (Å²) in [5.41, 5.74) is 2.26. The largest absolute Gasteiger partial charge is 0.350 e. The molecule has 7 nitrogen and oxygen atoms in total. The Morgan fingerprint density at radius 2 is 1.79 bits per heavy atom. The first-order valence-corrected chi connectivity index (χ1v) is 11.1. The van der Waals surface area contributed by atoms with Gasteiger partial charge in [0.1, 0.15) is 12.4 Å². The third-order valence-corrected chi connectivity index (χ3v) is 5.72. The molecule has 1 aromatic heterocycles. The van der Waals surface area contributed by atoms with Crippen LogP contribution in [0.25, 0.3) is 5.69 Å². The molecule has 1 amide bonds. The number of carbonyl (C=O) groups is 1. The minimum atomic E-state index is -3.62. The van der Waals surface area contributed by atoms with Gasteiger partial charge in [0.05, 0.1) is 11.9 Å². The van der Waals surface area contributed by atoms with Gasteiger partial charge in [0, 0.05) is 29.6 Å². The van der Waals surface area contributed by atoms with Crippen LogP contribution in [0.5, 0.6) is 0 Å². The lowest BCUT2D eigenvalue weighted by atomic mass is 10.2. The number of amides is 1. The van der Waals surface area contributed by atoms with Gasteiger partial charge in [0.25, 0.3) is 0 Å². The molecule has 0 aliphatic heterocycles. The first-order valence-electron chi connectivity index (χ1n) is 8.83. The fraction of sp³-hybridized carbons (Fsp3) is 0.200. The number of halogens is 1. The highest BCUT2D eigenvalue weighted by Gasteiger charge is 2.20. The highest BCUT2D eigenvalue weighted by Crippen LogP contribution is 2.20. The van der Waals surface area contributed by atoms with Crippen molar-refractivity contribution in [2.45, 2.75) is 13.5 Å². The van der Waals surface area contributed by atoms with Gasteiger partial charge in [0.2, 0.25) is 15.9 Å². The Balaban J connectivity index is 1.63. The van der Waals surface area contributed by atoms with Crippen LogP contribution in [0.1, 0.15) is 11.4 Å². The molecule has 3 rings (SSSR count). The fourth-order valence-corrected chi connectivity index (χ4v) is 3.80. The third kappa shape index (κ3) is 5.36. The maximum atomic E-state index is 12.4. The molecule has 0 bridgehead atoms. The van der Waals surface area contributed by atoms with Crippen LogP contribution in [-0.2, 0) is 21.4 Å². The zero-order valence-electron chi connectivity index (χ0n) is 16.0. The molecule has 0 aliphatic rings. The van der Waals surface area contributed by atoms with Crippen LogP contribution < -0.4 is 9.62 Å². The van der Waals surface area contributed by atoms with E-state index >= 15 is 0 Å². The van der Waals surface area contributed by atoms with E-state index < -0.39 is 15.9 Å². The molecule has 0 radical (unpaired) electrons. The summed E-state index contributed by atoms with van der Waals surface area (Å²) in [4.78, 5) is 16.6. The molecule has 0 aliphatic carbocycles. The Morgan fingerprint density at radius 3 is 2.34 bits per heavy atom. The average Bonchev–Trinajstić information content (AvgIpc) is 3.11. The Morgan fingerprint density at radius 1 is 1.14 bits per heavy atom. The molecule has 0 unspecified atom stereocenters. The van der Waals surface area contributed by atoms with Crippen LogP contribution in [0.2, 0.25) is 5.02 Å². The second-order valence-electron chi connectivity index (χ2n) is 6.53. The van der Waals surface area contributed by atoms with Gasteiger partial charge >= 0.3 is 0 Å². The number of hydrogen-bond acceptors (Lipinski definition) is 4. The summed E-state index contributed by atoms with van der Waals surface area (Å²) in [6.45, 7) is 1.90. The highest BCUT2D eigenvalue weighted by atomic mass is 35.5. The van der Waals surface area contributed by atoms with E-state index in [1.165, 1.54) is 0 Å². The molecule has 0 saturated carbocycles. The van der Waals surface area contributed by atoms with Gasteiger partial charge < -0.3 is 9.88 Å². The molecule has 0 fully saturated rings. The Kier molecular flexibility index (Phi) is 6.24. The van der Waals surface area contributed by atoms with Gasteiger partial charge in [-0.15, -0.1) is 0 Å². The summed E-state index contributed by atoms with van der Waals surface area (Å²) in [5.74, 6) is 0.481. The second kappa shape index (κ2) is 8.67. The zero-order chi connectivity index (χ0) is 21.0. The van der Waals surface area contributed by atoms with E-state index in [1.807, 2.05) is 42.0 Å². The molecule has 3 aromatic rings. The molecule has 1 N–H and O–H groups in total. The number of anilines is 1.